The summed E-state index contributed by atoms with van der Waals surface area (Å²) in [6.45, 7) is 12.3. The maximum absolute atomic E-state index is 13.0. The van der Waals surface area contributed by atoms with E-state index in [1.807, 2.05) is 32.9 Å². The predicted molar refractivity (Wildman–Crippen MR) is 130 cm³/mol. The van der Waals surface area contributed by atoms with Gasteiger partial charge in [0.15, 0.2) is 11.5 Å². The van der Waals surface area contributed by atoms with Gasteiger partial charge in [0.05, 0.1) is 11.3 Å². The number of benzene rings is 1. The van der Waals surface area contributed by atoms with Crippen molar-refractivity contribution >= 4 is 17.4 Å². The zero-order valence-corrected chi connectivity index (χ0v) is 20.7. The number of nitrogens with one attached hydrogen (secondary N) is 1. The van der Waals surface area contributed by atoms with Crippen LogP contribution in [0.25, 0.3) is 0 Å². The molecule has 1 fully saturated rings. The number of ether oxygens (including phenoxy) is 2. The molecule has 1 atom stereocenters. The van der Waals surface area contributed by atoms with E-state index in [2.05, 4.69) is 24.1 Å². The van der Waals surface area contributed by atoms with Crippen molar-refractivity contribution in [3.05, 3.63) is 46.6 Å². The summed E-state index contributed by atoms with van der Waals surface area (Å²) >= 11 is 0. The molecule has 0 saturated heterocycles. The Morgan fingerprint density at radius 2 is 1.85 bits per heavy atom. The molecule has 1 aromatic carbocycles. The quantitative estimate of drug-likeness (QED) is 0.505. The largest absolute Gasteiger partial charge is 0.451 e. The number of pyridine rings is 1. The smallest absolute Gasteiger partial charge is 0.260 e. The molecule has 0 spiro atoms. The van der Waals surface area contributed by atoms with Crippen molar-refractivity contribution in [2.24, 2.45) is 17.8 Å². The third-order valence-corrected chi connectivity index (χ3v) is 6.47. The minimum Gasteiger partial charge on any atom is -0.451 e. The second-order valence-electron chi connectivity index (χ2n) is 9.26. The normalized spacial score (nSPS) is 15.0. The van der Waals surface area contributed by atoms with Gasteiger partial charge in [-0.25, -0.2) is 4.98 Å². The number of anilines is 1. The van der Waals surface area contributed by atoms with E-state index in [1.54, 1.807) is 19.2 Å². The number of carbonyl (C=O) groups is 2. The van der Waals surface area contributed by atoms with Crippen LogP contribution in [0.4, 0.5) is 5.69 Å². The van der Waals surface area contributed by atoms with E-state index in [-0.39, 0.29) is 24.4 Å². The van der Waals surface area contributed by atoms with Crippen LogP contribution in [0.1, 0.15) is 85.7 Å². The molecule has 2 heterocycles. The molecule has 178 valence electrons. The lowest BCUT2D eigenvalue weighted by Crippen LogP contribution is -2.20. The Balaban J connectivity index is 0.000000442. The Bertz CT molecular complexity index is 1010. The van der Waals surface area contributed by atoms with E-state index in [0.717, 1.165) is 23.8 Å². The third kappa shape index (κ3) is 5.73. The summed E-state index contributed by atoms with van der Waals surface area (Å²) in [6.07, 6.45) is 6.03. The lowest BCUT2D eigenvalue weighted by molar-refractivity contribution is 0.0927. The Morgan fingerprint density at radius 3 is 2.42 bits per heavy atom. The maximum Gasteiger partial charge on any atom is 0.260 e. The first kappa shape index (κ1) is 24.7. The summed E-state index contributed by atoms with van der Waals surface area (Å²) in [5, 5.41) is 2.91. The molecule has 33 heavy (non-hydrogen) atoms. The molecule has 1 aliphatic heterocycles. The SMILES string of the molecule is CC(C)C1CC1.CCc1cccc(NC(=O)c2c(C)cnc3c2OCO3)c1C(=O)C(C)CC. The third-order valence-electron chi connectivity index (χ3n) is 6.47. The molecule has 1 saturated carbocycles. The highest BCUT2D eigenvalue weighted by Gasteiger charge is 2.27. The zero-order valence-electron chi connectivity index (χ0n) is 20.7. The lowest BCUT2D eigenvalue weighted by atomic mass is 9.91. The van der Waals surface area contributed by atoms with Crippen LogP contribution in [0.15, 0.2) is 24.4 Å². The zero-order chi connectivity index (χ0) is 24.1. The average Bonchev–Trinajstić information content (AvgIpc) is 3.56. The van der Waals surface area contributed by atoms with Crippen LogP contribution in [-0.2, 0) is 6.42 Å². The fourth-order valence-corrected chi connectivity index (χ4v) is 3.90. The van der Waals surface area contributed by atoms with Crippen LogP contribution in [0.3, 0.4) is 0 Å². The van der Waals surface area contributed by atoms with Crippen LogP contribution in [0.5, 0.6) is 11.6 Å². The Hall–Kier alpha value is -2.89. The van der Waals surface area contributed by atoms with Crippen molar-refractivity contribution in [2.75, 3.05) is 12.1 Å². The fourth-order valence-electron chi connectivity index (χ4n) is 3.90. The summed E-state index contributed by atoms with van der Waals surface area (Å²) in [5.74, 6) is 2.30. The summed E-state index contributed by atoms with van der Waals surface area (Å²) < 4.78 is 10.7. The van der Waals surface area contributed by atoms with E-state index in [0.29, 0.717) is 40.4 Å². The van der Waals surface area contributed by atoms with Gasteiger partial charge in [0.2, 0.25) is 6.79 Å². The van der Waals surface area contributed by atoms with Gasteiger partial charge in [-0.2, -0.15) is 0 Å². The summed E-state index contributed by atoms with van der Waals surface area (Å²) in [4.78, 5) is 30.1. The van der Waals surface area contributed by atoms with E-state index >= 15 is 0 Å². The molecule has 1 aliphatic carbocycles. The van der Waals surface area contributed by atoms with E-state index in [9.17, 15) is 9.59 Å². The molecule has 2 aromatic rings. The molecule has 6 nitrogen and oxygen atoms in total. The molecule has 0 radical (unpaired) electrons. The summed E-state index contributed by atoms with van der Waals surface area (Å²) in [7, 11) is 0. The standard InChI is InChI=1S/C21H24N2O4.C6H12/c1-5-12(3)18(24)17-14(6-2)8-7-9-15(17)23-20(25)16-13(4)10-22-21-19(16)26-11-27-21;1-5(2)6-3-4-6/h7-10,12H,5-6,11H2,1-4H3,(H,23,25);5-6H,3-4H2,1-2H3. The first-order valence-electron chi connectivity index (χ1n) is 12.0. The number of fused-ring (bicyclic) bond motifs is 1. The van der Waals surface area contributed by atoms with Gasteiger partial charge >= 0.3 is 0 Å². The molecule has 2 aliphatic rings. The summed E-state index contributed by atoms with van der Waals surface area (Å²) in [6, 6.07) is 5.55. The maximum atomic E-state index is 13.0. The predicted octanol–water partition coefficient (Wildman–Crippen LogP) is 6.21. The van der Waals surface area contributed by atoms with Gasteiger partial charge in [-0.1, -0.05) is 46.8 Å². The van der Waals surface area contributed by atoms with Gasteiger partial charge < -0.3 is 14.8 Å². The minimum absolute atomic E-state index is 0.0368. The first-order chi connectivity index (χ1) is 15.8. The van der Waals surface area contributed by atoms with E-state index < -0.39 is 0 Å². The van der Waals surface area contributed by atoms with Crippen LogP contribution in [-0.4, -0.2) is 23.5 Å². The lowest BCUT2D eigenvalue weighted by Gasteiger charge is -2.17. The monoisotopic (exact) mass is 452 g/mol. The van der Waals surface area contributed by atoms with Gasteiger partial charge in [-0.05, 0) is 61.6 Å². The Kier molecular flexibility index (Phi) is 8.11. The van der Waals surface area contributed by atoms with Gasteiger partial charge in [0, 0.05) is 17.7 Å². The van der Waals surface area contributed by atoms with Crippen molar-refractivity contribution in [2.45, 2.75) is 67.2 Å². The van der Waals surface area contributed by atoms with Crippen LogP contribution < -0.4 is 14.8 Å². The van der Waals surface area contributed by atoms with Crippen molar-refractivity contribution < 1.29 is 19.1 Å². The van der Waals surface area contributed by atoms with Crippen LogP contribution in [0.2, 0.25) is 0 Å². The minimum atomic E-state index is -0.344. The molecule has 1 aromatic heterocycles. The first-order valence-corrected chi connectivity index (χ1v) is 12.0. The number of nitrogens with zero attached hydrogens (tertiary/aromatic N) is 1. The average molecular weight is 453 g/mol. The molecule has 6 heteroatoms. The number of amides is 1. The van der Waals surface area contributed by atoms with Crippen molar-refractivity contribution in [3.8, 4) is 11.6 Å². The number of hydrogen-bond donors (Lipinski definition) is 1. The highest BCUT2D eigenvalue weighted by atomic mass is 16.7. The molecule has 1 N–H and O–H groups in total. The van der Waals surface area contributed by atoms with Crippen molar-refractivity contribution in [3.63, 3.8) is 0 Å². The highest BCUT2D eigenvalue weighted by Crippen LogP contribution is 2.36. The number of carbonyl (C=O) groups excluding carboxylic acids is 2. The van der Waals surface area contributed by atoms with Crippen LogP contribution in [0, 0.1) is 24.7 Å². The topological polar surface area (TPSA) is 77.5 Å². The van der Waals surface area contributed by atoms with Gasteiger partial charge in [0.1, 0.15) is 0 Å². The Morgan fingerprint density at radius 1 is 1.12 bits per heavy atom. The van der Waals surface area contributed by atoms with Crippen molar-refractivity contribution in [1.82, 2.24) is 4.98 Å². The van der Waals surface area contributed by atoms with E-state index in [1.165, 1.54) is 12.8 Å². The Labute approximate surface area is 197 Å². The number of hydrogen-bond acceptors (Lipinski definition) is 5. The number of rotatable bonds is 7. The second kappa shape index (κ2) is 10.8. The molecule has 1 unspecified atom stereocenters. The number of Topliss-reactive ketones (excluding diaryl/α,β-unsaturated/α-hetero) is 1. The second-order valence-corrected chi connectivity index (χ2v) is 9.26. The number of ketones is 1. The number of aromatic nitrogens is 1. The molecule has 0 bridgehead atoms. The molecular formula is C27H36N2O4. The fraction of sp³-hybridized carbons (Fsp3) is 0.519. The van der Waals surface area contributed by atoms with Crippen LogP contribution >= 0.6 is 0 Å². The van der Waals surface area contributed by atoms with E-state index in [4.69, 9.17) is 9.47 Å². The number of aryl methyl sites for hydroxylation is 2. The van der Waals surface area contributed by atoms with Crippen molar-refractivity contribution in [1.29, 1.82) is 0 Å². The molecule has 1 amide bonds. The molecule has 4 rings (SSSR count). The summed E-state index contributed by atoms with van der Waals surface area (Å²) in [5.41, 5.74) is 3.09. The van der Waals surface area contributed by atoms with Gasteiger partial charge in [0.25, 0.3) is 11.8 Å². The molecular weight excluding hydrogens is 416 g/mol. The van der Waals surface area contributed by atoms with Gasteiger partial charge in [-0.15, -0.1) is 0 Å². The highest BCUT2D eigenvalue weighted by molar-refractivity contribution is 6.12. The van der Waals surface area contributed by atoms with Gasteiger partial charge in [-0.3, -0.25) is 9.59 Å².